The Morgan fingerprint density at radius 1 is 1.00 bits per heavy atom. The second-order valence-electron chi connectivity index (χ2n) is 6.57. The fraction of sp³-hybridized carbons (Fsp3) is 1.00. The second kappa shape index (κ2) is 2.08. The Morgan fingerprint density at radius 2 is 1.42 bits per heavy atom. The fourth-order valence-electron chi connectivity index (χ4n) is 3.21. The first-order valence-corrected chi connectivity index (χ1v) is 5.33. The molecule has 0 aliphatic heterocycles. The van der Waals surface area contributed by atoms with E-state index in [1.54, 1.807) is 0 Å². The molecule has 2 atom stereocenters. The predicted octanol–water partition coefficient (Wildman–Crippen LogP) is 3.71. The molecule has 0 aromatic rings. The first-order valence-electron chi connectivity index (χ1n) is 5.33. The van der Waals surface area contributed by atoms with Crippen molar-refractivity contribution in [2.24, 2.45) is 28.6 Å². The van der Waals surface area contributed by atoms with Crippen LogP contribution in [0.2, 0.25) is 0 Å². The highest BCUT2D eigenvalue weighted by atomic mass is 14.7. The van der Waals surface area contributed by atoms with E-state index < -0.39 is 0 Å². The van der Waals surface area contributed by atoms with E-state index in [0.717, 1.165) is 17.8 Å². The topological polar surface area (TPSA) is 0 Å². The first kappa shape index (κ1) is 8.59. The third kappa shape index (κ3) is 1.03. The highest BCUT2D eigenvalue weighted by Gasteiger charge is 2.62. The molecule has 0 N–H and O–H groups in total. The SMILES string of the molecule is CC(C)(C)C1CC2C(C1)C2(C)C. The zero-order valence-electron chi connectivity index (χ0n) is 9.15. The van der Waals surface area contributed by atoms with Crippen molar-refractivity contribution < 1.29 is 0 Å². The summed E-state index contributed by atoms with van der Waals surface area (Å²) < 4.78 is 0. The maximum absolute atomic E-state index is 2.45. The summed E-state index contributed by atoms with van der Waals surface area (Å²) in [7, 11) is 0. The van der Waals surface area contributed by atoms with Gasteiger partial charge < -0.3 is 0 Å². The Labute approximate surface area is 76.7 Å². The van der Waals surface area contributed by atoms with E-state index in [4.69, 9.17) is 0 Å². The molecule has 2 saturated carbocycles. The van der Waals surface area contributed by atoms with Crippen molar-refractivity contribution >= 4 is 0 Å². The molecule has 0 spiro atoms. The third-order valence-electron chi connectivity index (χ3n) is 4.59. The normalized spacial score (nSPS) is 44.2. The Bertz CT molecular complexity index is 181. The van der Waals surface area contributed by atoms with E-state index in [1.165, 1.54) is 12.8 Å². The lowest BCUT2D eigenvalue weighted by atomic mass is 9.76. The van der Waals surface area contributed by atoms with Crippen molar-refractivity contribution in [3.63, 3.8) is 0 Å². The van der Waals surface area contributed by atoms with Crippen LogP contribution in [0, 0.1) is 28.6 Å². The minimum absolute atomic E-state index is 0.559. The van der Waals surface area contributed by atoms with Crippen LogP contribution in [0.4, 0.5) is 0 Å². The highest BCUT2D eigenvalue weighted by molar-refractivity contribution is 5.11. The van der Waals surface area contributed by atoms with Gasteiger partial charge in [0.25, 0.3) is 0 Å². The third-order valence-corrected chi connectivity index (χ3v) is 4.59. The smallest absolute Gasteiger partial charge is 0.0292 e. The average molecular weight is 166 g/mol. The van der Waals surface area contributed by atoms with E-state index >= 15 is 0 Å². The standard InChI is InChI=1S/C12H22/c1-11(2,3)8-6-9-10(7-8)12(9,4)5/h8-10H,6-7H2,1-5H3. The average Bonchev–Trinajstić information content (AvgIpc) is 2.31. The molecule has 2 unspecified atom stereocenters. The van der Waals surface area contributed by atoms with E-state index in [9.17, 15) is 0 Å². The first-order chi connectivity index (χ1) is 5.33. The Kier molecular flexibility index (Phi) is 1.49. The number of hydrogen-bond acceptors (Lipinski definition) is 0. The van der Waals surface area contributed by atoms with Gasteiger partial charge in [-0.05, 0) is 41.4 Å². The molecule has 2 rings (SSSR count). The molecule has 0 heteroatoms. The quantitative estimate of drug-likeness (QED) is 0.514. The zero-order valence-corrected chi connectivity index (χ0v) is 9.15. The van der Waals surface area contributed by atoms with Crippen LogP contribution < -0.4 is 0 Å². The highest BCUT2D eigenvalue weighted by Crippen LogP contribution is 2.70. The molecule has 2 fully saturated rings. The van der Waals surface area contributed by atoms with Crippen LogP contribution in [0.25, 0.3) is 0 Å². The number of rotatable bonds is 0. The lowest BCUT2D eigenvalue weighted by Gasteiger charge is -2.30. The predicted molar refractivity (Wildman–Crippen MR) is 52.9 cm³/mol. The summed E-state index contributed by atoms with van der Waals surface area (Å²) in [4.78, 5) is 0. The molecule has 0 amide bonds. The van der Waals surface area contributed by atoms with Gasteiger partial charge in [-0.25, -0.2) is 0 Å². The molecule has 0 bridgehead atoms. The molecule has 2 aliphatic rings. The summed E-state index contributed by atoms with van der Waals surface area (Å²) in [5.74, 6) is 3.14. The Hall–Kier alpha value is 0. The van der Waals surface area contributed by atoms with Gasteiger partial charge in [-0.1, -0.05) is 34.6 Å². The molecule has 70 valence electrons. The van der Waals surface area contributed by atoms with Gasteiger partial charge in [-0.15, -0.1) is 0 Å². The largest absolute Gasteiger partial charge is 0.0599 e. The Morgan fingerprint density at radius 3 is 1.75 bits per heavy atom. The van der Waals surface area contributed by atoms with Gasteiger partial charge >= 0.3 is 0 Å². The minimum Gasteiger partial charge on any atom is -0.0599 e. The van der Waals surface area contributed by atoms with E-state index in [1.807, 2.05) is 0 Å². The summed E-state index contributed by atoms with van der Waals surface area (Å²) in [5.41, 5.74) is 1.27. The van der Waals surface area contributed by atoms with Gasteiger partial charge in [0.05, 0.1) is 0 Å². The Balaban J connectivity index is 1.99. The minimum atomic E-state index is 0.559. The summed E-state index contributed by atoms with van der Waals surface area (Å²) in [6.07, 6.45) is 3.00. The van der Waals surface area contributed by atoms with Gasteiger partial charge in [0.2, 0.25) is 0 Å². The van der Waals surface area contributed by atoms with Crippen LogP contribution in [0.15, 0.2) is 0 Å². The summed E-state index contributed by atoms with van der Waals surface area (Å²) in [6, 6.07) is 0. The van der Waals surface area contributed by atoms with Crippen LogP contribution in [0.1, 0.15) is 47.5 Å². The van der Waals surface area contributed by atoms with E-state index in [-0.39, 0.29) is 0 Å². The summed E-state index contributed by atoms with van der Waals surface area (Å²) in [5, 5.41) is 0. The molecule has 0 nitrogen and oxygen atoms in total. The van der Waals surface area contributed by atoms with Crippen molar-refractivity contribution in [1.82, 2.24) is 0 Å². The monoisotopic (exact) mass is 166 g/mol. The van der Waals surface area contributed by atoms with Gasteiger partial charge in [0, 0.05) is 0 Å². The summed E-state index contributed by atoms with van der Waals surface area (Å²) >= 11 is 0. The fourth-order valence-corrected chi connectivity index (χ4v) is 3.21. The van der Waals surface area contributed by atoms with Crippen molar-refractivity contribution in [3.8, 4) is 0 Å². The van der Waals surface area contributed by atoms with Crippen LogP contribution in [-0.4, -0.2) is 0 Å². The van der Waals surface area contributed by atoms with Gasteiger partial charge in [-0.3, -0.25) is 0 Å². The molecule has 0 radical (unpaired) electrons. The second-order valence-corrected chi connectivity index (χ2v) is 6.57. The number of hydrogen-bond donors (Lipinski definition) is 0. The van der Waals surface area contributed by atoms with Crippen LogP contribution in [-0.2, 0) is 0 Å². The van der Waals surface area contributed by atoms with Crippen molar-refractivity contribution in [2.75, 3.05) is 0 Å². The summed E-state index contributed by atoms with van der Waals surface area (Å²) in [6.45, 7) is 12.1. The maximum atomic E-state index is 2.45. The van der Waals surface area contributed by atoms with Crippen molar-refractivity contribution in [1.29, 1.82) is 0 Å². The molecule has 0 heterocycles. The van der Waals surface area contributed by atoms with Crippen molar-refractivity contribution in [2.45, 2.75) is 47.5 Å². The molecule has 2 aliphatic carbocycles. The van der Waals surface area contributed by atoms with Gasteiger partial charge in [0.15, 0.2) is 0 Å². The molecular weight excluding hydrogens is 144 g/mol. The molecular formula is C12H22. The zero-order chi connectivity index (χ0) is 9.15. The molecule has 0 aromatic carbocycles. The van der Waals surface area contributed by atoms with E-state index in [2.05, 4.69) is 34.6 Å². The number of fused-ring (bicyclic) bond motifs is 1. The molecule has 12 heavy (non-hydrogen) atoms. The van der Waals surface area contributed by atoms with Crippen LogP contribution in [0.5, 0.6) is 0 Å². The molecule has 0 aromatic heterocycles. The van der Waals surface area contributed by atoms with Gasteiger partial charge in [0.1, 0.15) is 0 Å². The van der Waals surface area contributed by atoms with Gasteiger partial charge in [-0.2, -0.15) is 0 Å². The van der Waals surface area contributed by atoms with Crippen LogP contribution in [0.3, 0.4) is 0 Å². The molecule has 0 saturated heterocycles. The lowest BCUT2D eigenvalue weighted by molar-refractivity contribution is 0.203. The van der Waals surface area contributed by atoms with E-state index in [0.29, 0.717) is 10.8 Å². The van der Waals surface area contributed by atoms with Crippen LogP contribution >= 0.6 is 0 Å². The lowest BCUT2D eigenvalue weighted by Crippen LogP contribution is -2.20. The van der Waals surface area contributed by atoms with Crippen molar-refractivity contribution in [3.05, 3.63) is 0 Å². The maximum Gasteiger partial charge on any atom is -0.0292 e.